The minimum Gasteiger partial charge on any atom is -0.365 e. The molecule has 0 aromatic carbocycles. The number of imide groups is 1. The Morgan fingerprint density at radius 3 is 2.18 bits per heavy atom. The number of nitrogens with zero attached hydrogens (tertiary/aromatic N) is 1. The van der Waals surface area contributed by atoms with Gasteiger partial charge in [0, 0.05) is 4.88 Å². The van der Waals surface area contributed by atoms with Gasteiger partial charge in [-0.15, -0.1) is 11.3 Å². The molecule has 1 aromatic rings. The van der Waals surface area contributed by atoms with Gasteiger partial charge >= 0.3 is 0 Å². The quantitative estimate of drug-likeness (QED) is 0.470. The van der Waals surface area contributed by atoms with Crippen molar-refractivity contribution in [1.82, 2.24) is 0 Å². The molecule has 148 valence electrons. The number of aryl methyl sites for hydroxylation is 1. The lowest BCUT2D eigenvalue weighted by atomic mass is 9.81. The molecule has 0 spiro atoms. The van der Waals surface area contributed by atoms with Crippen molar-refractivity contribution in [1.29, 1.82) is 0 Å². The highest BCUT2D eigenvalue weighted by atomic mass is 32.1. The second-order valence-electron chi connectivity index (χ2n) is 8.92. The molecule has 5 nitrogen and oxygen atoms in total. The zero-order valence-corrected chi connectivity index (χ0v) is 17.2. The summed E-state index contributed by atoms with van der Waals surface area (Å²) in [7, 11) is 0. The van der Waals surface area contributed by atoms with Crippen LogP contribution in [0.1, 0.15) is 66.8 Å². The van der Waals surface area contributed by atoms with Gasteiger partial charge in [-0.3, -0.25) is 14.4 Å². The summed E-state index contributed by atoms with van der Waals surface area (Å²) in [6.45, 7) is 4.19. The second-order valence-corrected chi connectivity index (χ2v) is 10.0. The molecular formula is C22H26N2O3S. The van der Waals surface area contributed by atoms with E-state index >= 15 is 0 Å². The van der Waals surface area contributed by atoms with Gasteiger partial charge in [0.25, 0.3) is 5.91 Å². The van der Waals surface area contributed by atoms with E-state index in [0.29, 0.717) is 10.6 Å². The molecule has 3 aliphatic carbocycles. The summed E-state index contributed by atoms with van der Waals surface area (Å²) in [5.41, 5.74) is 9.76. The van der Waals surface area contributed by atoms with Crippen LogP contribution in [-0.2, 0) is 22.4 Å². The molecule has 3 fully saturated rings. The molecule has 2 bridgehead atoms. The molecule has 4 aliphatic rings. The van der Waals surface area contributed by atoms with Crippen LogP contribution in [0.4, 0.5) is 5.00 Å². The SMILES string of the molecule is CC(C)=C1[C@H]2CC[C@@H]1[C@H]1C(=O)N(c3sc4c(c3C(N)=O)CCCCC4)C(=O)[C@@H]12. The van der Waals surface area contributed by atoms with Gasteiger partial charge in [-0.05, 0) is 69.8 Å². The van der Waals surface area contributed by atoms with Crippen LogP contribution in [0.15, 0.2) is 11.1 Å². The van der Waals surface area contributed by atoms with Crippen LogP contribution in [0.25, 0.3) is 0 Å². The highest BCUT2D eigenvalue weighted by molar-refractivity contribution is 7.17. The van der Waals surface area contributed by atoms with Crippen LogP contribution in [0.3, 0.4) is 0 Å². The molecule has 0 unspecified atom stereocenters. The molecule has 6 heteroatoms. The van der Waals surface area contributed by atoms with Crippen molar-refractivity contribution in [2.45, 2.75) is 58.8 Å². The van der Waals surface area contributed by atoms with Gasteiger partial charge in [-0.25, -0.2) is 4.90 Å². The Kier molecular flexibility index (Phi) is 4.06. The monoisotopic (exact) mass is 398 g/mol. The van der Waals surface area contributed by atoms with Gasteiger partial charge in [-0.2, -0.15) is 0 Å². The van der Waals surface area contributed by atoms with Gasteiger partial charge in [0.05, 0.1) is 17.4 Å². The van der Waals surface area contributed by atoms with E-state index in [2.05, 4.69) is 13.8 Å². The number of fused-ring (bicyclic) bond motifs is 6. The molecule has 2 heterocycles. The van der Waals surface area contributed by atoms with Gasteiger partial charge in [0.1, 0.15) is 5.00 Å². The van der Waals surface area contributed by atoms with E-state index in [1.54, 1.807) is 0 Å². The fraction of sp³-hybridized carbons (Fsp3) is 0.591. The highest BCUT2D eigenvalue weighted by Crippen LogP contribution is 2.61. The van der Waals surface area contributed by atoms with Crippen molar-refractivity contribution >= 4 is 34.1 Å². The Labute approximate surface area is 169 Å². The summed E-state index contributed by atoms with van der Waals surface area (Å²) in [5, 5.41) is 0.502. The zero-order chi connectivity index (χ0) is 19.7. The standard InChI is InChI=1S/C22H26N2O3S/c1-10(2)15-12-8-9-13(15)17-16(12)20(26)24(21(17)27)22-18(19(23)25)11-6-4-3-5-7-14(11)28-22/h12-13,16-17H,3-9H2,1-2H3,(H2,23,25)/t12-,13+,16-,17-/m1/s1. The van der Waals surface area contributed by atoms with Crippen LogP contribution in [0, 0.1) is 23.7 Å². The Balaban J connectivity index is 1.60. The van der Waals surface area contributed by atoms with E-state index in [-0.39, 0.29) is 35.5 Å². The van der Waals surface area contributed by atoms with E-state index in [4.69, 9.17) is 5.73 Å². The Bertz CT molecular complexity index is 908. The average Bonchev–Trinajstić information content (AvgIpc) is 3.32. The molecule has 2 saturated carbocycles. The smallest absolute Gasteiger partial charge is 0.252 e. The highest BCUT2D eigenvalue weighted by Gasteiger charge is 2.64. The molecule has 1 saturated heterocycles. The number of rotatable bonds is 2. The van der Waals surface area contributed by atoms with Crippen molar-refractivity contribution in [3.8, 4) is 0 Å². The third kappa shape index (κ3) is 2.27. The summed E-state index contributed by atoms with van der Waals surface area (Å²) in [6, 6.07) is 0. The fourth-order valence-corrected chi connectivity index (χ4v) is 7.74. The average molecular weight is 399 g/mol. The number of nitrogens with two attached hydrogens (primary N) is 1. The maximum absolute atomic E-state index is 13.4. The van der Waals surface area contributed by atoms with Crippen molar-refractivity contribution in [3.05, 3.63) is 27.2 Å². The van der Waals surface area contributed by atoms with Crippen molar-refractivity contribution in [2.24, 2.45) is 29.4 Å². The van der Waals surface area contributed by atoms with E-state index in [1.165, 1.54) is 27.4 Å². The minimum atomic E-state index is -0.514. The lowest BCUT2D eigenvalue weighted by Crippen LogP contribution is -2.34. The second kappa shape index (κ2) is 6.28. The maximum Gasteiger partial charge on any atom is 0.252 e. The van der Waals surface area contributed by atoms with Crippen LogP contribution >= 0.6 is 11.3 Å². The van der Waals surface area contributed by atoms with E-state index in [1.807, 2.05) is 0 Å². The maximum atomic E-state index is 13.4. The number of anilines is 1. The molecule has 3 amide bonds. The van der Waals surface area contributed by atoms with E-state index in [9.17, 15) is 14.4 Å². The predicted octanol–water partition coefficient (Wildman–Crippen LogP) is 3.60. The van der Waals surface area contributed by atoms with Gasteiger partial charge in [0.15, 0.2) is 0 Å². The summed E-state index contributed by atoms with van der Waals surface area (Å²) >= 11 is 1.45. The molecule has 1 aliphatic heterocycles. The summed E-state index contributed by atoms with van der Waals surface area (Å²) in [4.78, 5) is 41.7. The Morgan fingerprint density at radius 1 is 1.00 bits per heavy atom. The van der Waals surface area contributed by atoms with E-state index in [0.717, 1.165) is 55.4 Å². The first-order valence-corrected chi connectivity index (χ1v) is 11.2. The first-order chi connectivity index (χ1) is 13.4. The predicted molar refractivity (Wildman–Crippen MR) is 108 cm³/mol. The molecular weight excluding hydrogens is 372 g/mol. The minimum absolute atomic E-state index is 0.111. The molecule has 0 radical (unpaired) electrons. The molecule has 2 N–H and O–H groups in total. The lowest BCUT2D eigenvalue weighted by Gasteiger charge is -2.19. The van der Waals surface area contributed by atoms with Crippen molar-refractivity contribution in [2.75, 3.05) is 4.90 Å². The number of amides is 3. The molecule has 5 rings (SSSR count). The van der Waals surface area contributed by atoms with Crippen LogP contribution in [0.2, 0.25) is 0 Å². The van der Waals surface area contributed by atoms with Gasteiger partial charge < -0.3 is 5.73 Å². The van der Waals surface area contributed by atoms with Crippen molar-refractivity contribution in [3.63, 3.8) is 0 Å². The zero-order valence-electron chi connectivity index (χ0n) is 16.4. The third-order valence-electron chi connectivity index (χ3n) is 7.28. The van der Waals surface area contributed by atoms with E-state index < -0.39 is 5.91 Å². The normalized spacial score (nSPS) is 31.2. The number of allylic oxidation sites excluding steroid dienone is 2. The lowest BCUT2D eigenvalue weighted by molar-refractivity contribution is -0.122. The van der Waals surface area contributed by atoms with Crippen LogP contribution < -0.4 is 10.6 Å². The summed E-state index contributed by atoms with van der Waals surface area (Å²) in [6.07, 6.45) is 6.91. The van der Waals surface area contributed by atoms with Crippen LogP contribution in [-0.4, -0.2) is 17.7 Å². The first-order valence-electron chi connectivity index (χ1n) is 10.4. The summed E-state index contributed by atoms with van der Waals surface area (Å²) in [5.74, 6) is -0.857. The van der Waals surface area contributed by atoms with Gasteiger partial charge in [-0.1, -0.05) is 17.6 Å². The number of primary amides is 1. The van der Waals surface area contributed by atoms with Crippen LogP contribution in [0.5, 0.6) is 0 Å². The number of thiophene rings is 1. The largest absolute Gasteiger partial charge is 0.365 e. The Morgan fingerprint density at radius 2 is 1.61 bits per heavy atom. The first kappa shape index (κ1) is 18.1. The number of hydrogen-bond donors (Lipinski definition) is 1. The fourth-order valence-electron chi connectivity index (χ4n) is 6.33. The number of hydrogen-bond acceptors (Lipinski definition) is 4. The van der Waals surface area contributed by atoms with Gasteiger partial charge in [0.2, 0.25) is 11.8 Å². The summed E-state index contributed by atoms with van der Waals surface area (Å²) < 4.78 is 0. The third-order valence-corrected chi connectivity index (χ3v) is 8.56. The number of carbonyl (C=O) groups excluding carboxylic acids is 3. The van der Waals surface area contributed by atoms with Crippen molar-refractivity contribution < 1.29 is 14.4 Å². The molecule has 28 heavy (non-hydrogen) atoms. The Hall–Kier alpha value is -1.95. The molecule has 1 aromatic heterocycles. The number of carbonyl (C=O) groups is 3. The molecule has 4 atom stereocenters. The topological polar surface area (TPSA) is 80.5 Å².